The van der Waals surface area contributed by atoms with E-state index in [4.69, 9.17) is 0 Å². The maximum absolute atomic E-state index is 11.8. The lowest BCUT2D eigenvalue weighted by Gasteiger charge is -2.18. The van der Waals surface area contributed by atoms with Crippen molar-refractivity contribution in [2.45, 2.75) is 32.7 Å². The van der Waals surface area contributed by atoms with E-state index in [1.54, 1.807) is 11.8 Å². The maximum Gasteiger partial charge on any atom is 0.230 e. The number of hydrogen-bond donors (Lipinski definition) is 1. The second-order valence-corrected chi connectivity index (χ2v) is 6.05. The van der Waals surface area contributed by atoms with Crippen LogP contribution in [0.15, 0.2) is 18.3 Å². The Hall–Kier alpha value is -1.03. The molecule has 1 heterocycles. The molecule has 3 nitrogen and oxygen atoms in total. The minimum absolute atomic E-state index is 0.106. The van der Waals surface area contributed by atoms with Crippen LogP contribution >= 0.6 is 11.8 Å². The Kier molecular flexibility index (Phi) is 4.64. The van der Waals surface area contributed by atoms with Gasteiger partial charge in [-0.2, -0.15) is 11.8 Å². The first kappa shape index (κ1) is 13.4. The lowest BCUT2D eigenvalue weighted by atomic mass is 10.1. The molecule has 1 saturated carbocycles. The van der Waals surface area contributed by atoms with E-state index in [2.05, 4.69) is 30.2 Å². The molecule has 0 aliphatic heterocycles. The number of aryl methyl sites for hydroxylation is 1. The Labute approximate surface area is 113 Å². The zero-order valence-electron chi connectivity index (χ0n) is 11.0. The molecule has 4 heteroatoms. The summed E-state index contributed by atoms with van der Waals surface area (Å²) in [7, 11) is 0. The topological polar surface area (TPSA) is 42.0 Å². The Balaban J connectivity index is 2.02. The van der Waals surface area contributed by atoms with Crippen LogP contribution in [0.2, 0.25) is 0 Å². The zero-order valence-corrected chi connectivity index (χ0v) is 11.8. The number of nitrogens with one attached hydrogen (secondary N) is 1. The van der Waals surface area contributed by atoms with Crippen LogP contribution in [0.4, 0.5) is 0 Å². The van der Waals surface area contributed by atoms with E-state index in [9.17, 15) is 4.79 Å². The molecular formula is C14H20N2OS. The number of carbonyl (C=O) groups is 1. The summed E-state index contributed by atoms with van der Waals surface area (Å²) in [4.78, 5) is 16.3. The number of hydrogen-bond acceptors (Lipinski definition) is 3. The highest BCUT2D eigenvalue weighted by Gasteiger charge is 2.34. The average Bonchev–Trinajstić information content (AvgIpc) is 3.17. The fourth-order valence-electron chi connectivity index (χ4n) is 2.00. The predicted molar refractivity (Wildman–Crippen MR) is 75.6 cm³/mol. The van der Waals surface area contributed by atoms with Crippen LogP contribution in [-0.2, 0) is 4.79 Å². The number of aromatic nitrogens is 1. The maximum atomic E-state index is 11.8. The van der Waals surface area contributed by atoms with Crippen LogP contribution in [0.3, 0.4) is 0 Å². The molecule has 1 fully saturated rings. The molecule has 1 aromatic heterocycles. The SMILES string of the molecule is CCSCC(=O)NC(c1cc(C)ccn1)C1CC1. The third-order valence-corrected chi connectivity index (χ3v) is 3.98. The Morgan fingerprint density at radius 3 is 3.00 bits per heavy atom. The van der Waals surface area contributed by atoms with Gasteiger partial charge in [-0.15, -0.1) is 0 Å². The summed E-state index contributed by atoms with van der Waals surface area (Å²) in [6.07, 6.45) is 4.22. The summed E-state index contributed by atoms with van der Waals surface area (Å²) >= 11 is 1.66. The summed E-state index contributed by atoms with van der Waals surface area (Å²) < 4.78 is 0. The Bertz CT molecular complexity index is 418. The molecule has 2 rings (SSSR count). The molecule has 0 bridgehead atoms. The van der Waals surface area contributed by atoms with Crippen molar-refractivity contribution in [1.29, 1.82) is 0 Å². The minimum atomic E-state index is 0.106. The van der Waals surface area contributed by atoms with Gasteiger partial charge in [0.05, 0.1) is 17.5 Å². The van der Waals surface area contributed by atoms with E-state index in [-0.39, 0.29) is 11.9 Å². The molecule has 1 N–H and O–H groups in total. The van der Waals surface area contributed by atoms with Crippen molar-refractivity contribution >= 4 is 17.7 Å². The van der Waals surface area contributed by atoms with Crippen molar-refractivity contribution in [2.24, 2.45) is 5.92 Å². The number of thioether (sulfide) groups is 1. The molecular weight excluding hydrogens is 244 g/mol. The molecule has 0 radical (unpaired) electrons. The van der Waals surface area contributed by atoms with Crippen molar-refractivity contribution < 1.29 is 4.79 Å². The van der Waals surface area contributed by atoms with Gasteiger partial charge in [-0.25, -0.2) is 0 Å². The van der Waals surface area contributed by atoms with Gasteiger partial charge in [0.2, 0.25) is 5.91 Å². The Morgan fingerprint density at radius 1 is 1.61 bits per heavy atom. The number of carbonyl (C=O) groups excluding carboxylic acids is 1. The molecule has 1 atom stereocenters. The summed E-state index contributed by atoms with van der Waals surface area (Å²) in [6.45, 7) is 4.13. The molecule has 98 valence electrons. The second kappa shape index (κ2) is 6.23. The standard InChI is InChI=1S/C14H20N2OS/c1-3-18-9-13(17)16-14(11-4-5-11)12-8-10(2)6-7-15-12/h6-8,11,14H,3-5,9H2,1-2H3,(H,16,17). The highest BCUT2D eigenvalue weighted by atomic mass is 32.2. The van der Waals surface area contributed by atoms with Gasteiger partial charge >= 0.3 is 0 Å². The summed E-state index contributed by atoms with van der Waals surface area (Å²) in [5.74, 6) is 2.23. The fraction of sp³-hybridized carbons (Fsp3) is 0.571. The number of rotatable bonds is 6. The quantitative estimate of drug-likeness (QED) is 0.859. The van der Waals surface area contributed by atoms with Crippen LogP contribution in [0, 0.1) is 12.8 Å². The van der Waals surface area contributed by atoms with Crippen LogP contribution in [0.25, 0.3) is 0 Å². The van der Waals surface area contributed by atoms with Gasteiger partial charge in [-0.1, -0.05) is 6.92 Å². The first-order valence-corrected chi connectivity index (χ1v) is 7.66. The van der Waals surface area contributed by atoms with Gasteiger partial charge < -0.3 is 5.32 Å². The number of nitrogens with zero attached hydrogens (tertiary/aromatic N) is 1. The van der Waals surface area contributed by atoms with E-state index < -0.39 is 0 Å². The molecule has 1 unspecified atom stereocenters. The lowest BCUT2D eigenvalue weighted by molar-refractivity contribution is -0.119. The van der Waals surface area contributed by atoms with E-state index in [1.165, 1.54) is 18.4 Å². The van der Waals surface area contributed by atoms with Crippen molar-refractivity contribution in [3.05, 3.63) is 29.6 Å². The lowest BCUT2D eigenvalue weighted by Crippen LogP contribution is -2.31. The zero-order chi connectivity index (χ0) is 13.0. The first-order chi connectivity index (χ1) is 8.70. The van der Waals surface area contributed by atoms with E-state index >= 15 is 0 Å². The summed E-state index contributed by atoms with van der Waals surface area (Å²) in [6, 6.07) is 4.17. The highest BCUT2D eigenvalue weighted by molar-refractivity contribution is 7.99. The van der Waals surface area contributed by atoms with Gasteiger partial charge in [-0.3, -0.25) is 9.78 Å². The van der Waals surface area contributed by atoms with Crippen LogP contribution in [0.1, 0.15) is 37.1 Å². The molecule has 1 amide bonds. The van der Waals surface area contributed by atoms with E-state index in [1.807, 2.05) is 12.3 Å². The normalized spacial score (nSPS) is 16.3. The summed E-state index contributed by atoms with van der Waals surface area (Å²) in [5, 5.41) is 3.14. The third-order valence-electron chi connectivity index (χ3n) is 3.10. The average molecular weight is 264 g/mol. The van der Waals surface area contributed by atoms with Crippen molar-refractivity contribution in [1.82, 2.24) is 10.3 Å². The summed E-state index contributed by atoms with van der Waals surface area (Å²) in [5.41, 5.74) is 2.20. The molecule has 0 spiro atoms. The predicted octanol–water partition coefficient (Wildman–Crippen LogP) is 2.71. The van der Waals surface area contributed by atoms with E-state index in [0.717, 1.165) is 11.4 Å². The fourth-order valence-corrected chi connectivity index (χ4v) is 2.48. The Morgan fingerprint density at radius 2 is 2.39 bits per heavy atom. The molecule has 0 aromatic carbocycles. The monoisotopic (exact) mass is 264 g/mol. The highest BCUT2D eigenvalue weighted by Crippen LogP contribution is 2.40. The van der Waals surface area contributed by atoms with Crippen molar-refractivity contribution in [2.75, 3.05) is 11.5 Å². The van der Waals surface area contributed by atoms with Gasteiger partial charge in [-0.05, 0) is 49.1 Å². The third kappa shape index (κ3) is 3.73. The van der Waals surface area contributed by atoms with Crippen molar-refractivity contribution in [3.63, 3.8) is 0 Å². The van der Waals surface area contributed by atoms with Crippen LogP contribution < -0.4 is 5.32 Å². The van der Waals surface area contributed by atoms with E-state index in [0.29, 0.717) is 11.7 Å². The van der Waals surface area contributed by atoms with Gasteiger partial charge in [0.1, 0.15) is 0 Å². The van der Waals surface area contributed by atoms with Crippen molar-refractivity contribution in [3.8, 4) is 0 Å². The molecule has 1 aliphatic carbocycles. The molecule has 18 heavy (non-hydrogen) atoms. The number of pyridine rings is 1. The van der Waals surface area contributed by atoms with Crippen LogP contribution in [0.5, 0.6) is 0 Å². The van der Waals surface area contributed by atoms with Gasteiger partial charge in [0.25, 0.3) is 0 Å². The van der Waals surface area contributed by atoms with Gasteiger partial charge in [0, 0.05) is 6.20 Å². The number of amides is 1. The van der Waals surface area contributed by atoms with Crippen LogP contribution in [-0.4, -0.2) is 22.4 Å². The first-order valence-electron chi connectivity index (χ1n) is 6.50. The molecule has 1 aliphatic rings. The largest absolute Gasteiger partial charge is 0.347 e. The molecule has 1 aromatic rings. The second-order valence-electron chi connectivity index (χ2n) is 4.78. The van der Waals surface area contributed by atoms with Gasteiger partial charge in [0.15, 0.2) is 0 Å². The smallest absolute Gasteiger partial charge is 0.230 e. The minimum Gasteiger partial charge on any atom is -0.347 e. The molecule has 0 saturated heterocycles.